The van der Waals surface area contributed by atoms with Gasteiger partial charge in [-0.3, -0.25) is 4.57 Å². The van der Waals surface area contributed by atoms with Crippen LogP contribution < -0.4 is 11.2 Å². The number of phosphoric acid groups is 2. The van der Waals surface area contributed by atoms with E-state index in [0.717, 1.165) is 10.9 Å². The van der Waals surface area contributed by atoms with E-state index in [-0.39, 0.29) is 16.8 Å². The third-order valence-corrected chi connectivity index (χ3v) is 7.93. The first kappa shape index (κ1) is 22.4. The first-order chi connectivity index (χ1) is 12.2. The molecule has 152 valence electrons. The van der Waals surface area contributed by atoms with Crippen LogP contribution in [0.15, 0.2) is 16.5 Å². The van der Waals surface area contributed by atoms with Gasteiger partial charge in [-0.1, -0.05) is 13.8 Å². The number of anilines is 1. The van der Waals surface area contributed by atoms with Crippen LogP contribution in [-0.4, -0.2) is 24.6 Å². The first-order valence-electron chi connectivity index (χ1n) is 7.18. The van der Waals surface area contributed by atoms with Gasteiger partial charge >= 0.3 is 23.2 Å². The topological polar surface area (TPSA) is 203 Å². The van der Waals surface area contributed by atoms with Gasteiger partial charge in [-0.15, -0.1) is 11.3 Å². The van der Waals surface area contributed by atoms with E-state index in [2.05, 4.69) is 13.6 Å². The zero-order valence-electron chi connectivity index (χ0n) is 14.0. The molecule has 0 aliphatic heterocycles. The summed E-state index contributed by atoms with van der Waals surface area (Å²) in [5.74, 6) is 0.338. The van der Waals surface area contributed by atoms with Crippen LogP contribution in [0, 0.1) is 5.92 Å². The summed E-state index contributed by atoms with van der Waals surface area (Å²) < 4.78 is 47.0. The Kier molecular flexibility index (Phi) is 6.56. The van der Waals surface area contributed by atoms with Gasteiger partial charge in [0.2, 0.25) is 5.50 Å². The van der Waals surface area contributed by atoms with Gasteiger partial charge < -0.3 is 29.7 Å². The average molecular weight is 462 g/mol. The minimum atomic E-state index is -5.56. The molecule has 27 heavy (non-hydrogen) atoms. The molecule has 2 heterocycles. The molecule has 12 nitrogen and oxygen atoms in total. The molecule has 2 aromatic heterocycles. The number of rotatable bonds is 8. The predicted octanol–water partition coefficient (Wildman–Crippen LogP) is 2.22. The lowest BCUT2D eigenvalue weighted by Crippen LogP contribution is -2.04. The van der Waals surface area contributed by atoms with E-state index in [1.54, 1.807) is 0 Å². The van der Waals surface area contributed by atoms with Crippen LogP contribution in [0.3, 0.4) is 0 Å². The number of nitrogen functional groups attached to an aromatic ring is 1. The molecule has 0 bridgehead atoms. The Labute approximate surface area is 157 Å². The van der Waals surface area contributed by atoms with Crippen molar-refractivity contribution in [2.75, 3.05) is 5.73 Å². The molecule has 0 amide bonds. The summed E-state index contributed by atoms with van der Waals surface area (Å²) in [6.07, 6.45) is 0.621. The van der Waals surface area contributed by atoms with Crippen LogP contribution in [-0.2, 0) is 28.7 Å². The molecule has 16 heteroatoms. The van der Waals surface area contributed by atoms with Crippen molar-refractivity contribution in [3.05, 3.63) is 17.0 Å². The summed E-state index contributed by atoms with van der Waals surface area (Å²) >= 11 is 1.22. The van der Waals surface area contributed by atoms with Crippen molar-refractivity contribution in [3.63, 3.8) is 0 Å². The van der Waals surface area contributed by atoms with Crippen molar-refractivity contribution in [3.8, 4) is 11.5 Å². The summed E-state index contributed by atoms with van der Waals surface area (Å²) in [5.41, 5.74) is 5.30. The number of nitrogens with zero attached hydrogens (tertiary/aromatic N) is 1. The van der Waals surface area contributed by atoms with E-state index < -0.39 is 28.7 Å². The summed E-state index contributed by atoms with van der Waals surface area (Å²) in [5, 5.41) is 0.261. The molecular formula is C11H17N2O10P3S. The summed E-state index contributed by atoms with van der Waals surface area (Å²) in [6, 6.07) is 2.29. The highest BCUT2D eigenvalue weighted by Gasteiger charge is 2.42. The maximum atomic E-state index is 12.2. The monoisotopic (exact) mass is 462 g/mol. The van der Waals surface area contributed by atoms with E-state index >= 15 is 0 Å². The average Bonchev–Trinajstić information content (AvgIpc) is 3.00. The van der Waals surface area contributed by atoms with Gasteiger partial charge in [-0.25, -0.2) is 18.4 Å². The Bertz CT molecular complexity index is 964. The van der Waals surface area contributed by atoms with Gasteiger partial charge in [0.25, 0.3) is 0 Å². The summed E-state index contributed by atoms with van der Waals surface area (Å²) in [6.45, 7) is 3.95. The Hall–Kier alpha value is -0.840. The third kappa shape index (κ3) is 6.33. The predicted molar refractivity (Wildman–Crippen MR) is 96.3 cm³/mol. The molecule has 0 saturated heterocycles. The lowest BCUT2D eigenvalue weighted by atomic mass is 10.1. The highest BCUT2D eigenvalue weighted by Crippen LogP contribution is 2.65. The Balaban J connectivity index is 2.31. The van der Waals surface area contributed by atoms with Gasteiger partial charge in [-0.05, 0) is 24.5 Å². The van der Waals surface area contributed by atoms with Gasteiger partial charge in [0.05, 0.1) is 0 Å². The standard InChI is InChI=1S/C11H17N2O10P3S/c1-6(2)5-8-10(13-11(12)27-8)7-3-4-9(21-7)24(14,15)22-26(19,20)23-25(16,17)18/h3-4,6H,5H2,1-2H3,(H2,12,13)(H,14,15)(H,19,20)(H2,16,17,18). The maximum absolute atomic E-state index is 12.2. The fraction of sp³-hybridized carbons (Fsp3) is 0.364. The maximum Gasteiger partial charge on any atom is 0.488 e. The van der Waals surface area contributed by atoms with E-state index in [0.29, 0.717) is 12.1 Å². The van der Waals surface area contributed by atoms with Crippen LogP contribution in [0.5, 0.6) is 0 Å². The summed E-state index contributed by atoms with van der Waals surface area (Å²) in [7, 11) is -16.1. The van der Waals surface area contributed by atoms with Gasteiger partial charge in [0.1, 0.15) is 5.69 Å². The quantitative estimate of drug-likeness (QED) is 0.358. The number of nitrogens with two attached hydrogens (primary N) is 1. The van der Waals surface area contributed by atoms with Crippen molar-refractivity contribution in [2.45, 2.75) is 20.3 Å². The van der Waals surface area contributed by atoms with Crippen molar-refractivity contribution in [1.29, 1.82) is 0 Å². The van der Waals surface area contributed by atoms with Crippen molar-refractivity contribution >= 4 is 45.2 Å². The largest absolute Gasteiger partial charge is 0.488 e. The number of hydrogen-bond donors (Lipinski definition) is 5. The molecule has 0 spiro atoms. The molecule has 2 atom stereocenters. The molecular weight excluding hydrogens is 445 g/mol. The molecule has 0 aromatic carbocycles. The van der Waals surface area contributed by atoms with Gasteiger partial charge in [0.15, 0.2) is 10.9 Å². The highest BCUT2D eigenvalue weighted by molar-refractivity contribution is 7.71. The fourth-order valence-electron chi connectivity index (χ4n) is 2.01. The van der Waals surface area contributed by atoms with Gasteiger partial charge in [0, 0.05) is 4.88 Å². The molecule has 2 aromatic rings. The number of hydrogen-bond acceptors (Lipinski definition) is 9. The van der Waals surface area contributed by atoms with E-state index in [1.165, 1.54) is 17.4 Å². The molecule has 0 aliphatic carbocycles. The minimum Gasteiger partial charge on any atom is -0.446 e. The van der Waals surface area contributed by atoms with Crippen LogP contribution in [0.25, 0.3) is 11.5 Å². The first-order valence-corrected chi connectivity index (χ1v) is 12.6. The van der Waals surface area contributed by atoms with Crippen LogP contribution in [0.1, 0.15) is 18.7 Å². The lowest BCUT2D eigenvalue weighted by Gasteiger charge is -2.14. The fourth-order valence-corrected chi connectivity index (χ4v) is 6.44. The Morgan fingerprint density at radius 3 is 2.37 bits per heavy atom. The highest BCUT2D eigenvalue weighted by atomic mass is 32.1. The molecule has 2 rings (SSSR count). The Morgan fingerprint density at radius 1 is 1.19 bits per heavy atom. The Morgan fingerprint density at radius 2 is 1.81 bits per heavy atom. The van der Waals surface area contributed by atoms with E-state index in [1.807, 2.05) is 13.8 Å². The lowest BCUT2D eigenvalue weighted by molar-refractivity contribution is 0.223. The van der Waals surface area contributed by atoms with Crippen molar-refractivity contribution in [2.24, 2.45) is 5.92 Å². The molecule has 0 aliphatic rings. The molecule has 6 N–H and O–H groups in total. The SMILES string of the molecule is CC(C)Cc1sc(N)nc1-c1ccc(P(=O)(O)OP(=O)(O)OP(=O)(O)O)o1. The second-order valence-corrected chi connectivity index (χ2v) is 11.5. The summed E-state index contributed by atoms with van der Waals surface area (Å²) in [4.78, 5) is 41.0. The molecule has 0 radical (unpaired) electrons. The molecule has 0 saturated carbocycles. The zero-order chi connectivity index (χ0) is 20.6. The third-order valence-electron chi connectivity index (χ3n) is 2.83. The number of furan rings is 1. The molecule has 0 fully saturated rings. The normalized spacial score (nSPS) is 17.0. The van der Waals surface area contributed by atoms with Crippen molar-refractivity contribution in [1.82, 2.24) is 4.98 Å². The van der Waals surface area contributed by atoms with Crippen LogP contribution >= 0.6 is 34.6 Å². The minimum absolute atomic E-state index is 0.0650. The second-order valence-electron chi connectivity index (χ2n) is 5.70. The second kappa shape index (κ2) is 7.88. The van der Waals surface area contributed by atoms with E-state index in [4.69, 9.17) is 19.9 Å². The molecule has 2 unspecified atom stereocenters. The zero-order valence-corrected chi connectivity index (χ0v) is 17.5. The number of thiazole rings is 1. The number of aromatic nitrogens is 1. The smallest absolute Gasteiger partial charge is 0.446 e. The van der Waals surface area contributed by atoms with Crippen LogP contribution in [0.2, 0.25) is 0 Å². The van der Waals surface area contributed by atoms with Crippen LogP contribution in [0.4, 0.5) is 5.13 Å². The van der Waals surface area contributed by atoms with Gasteiger partial charge in [-0.2, -0.15) is 4.31 Å². The van der Waals surface area contributed by atoms with E-state index in [9.17, 15) is 23.5 Å². The van der Waals surface area contributed by atoms with Crippen molar-refractivity contribution < 1.29 is 46.3 Å².